The number of nitrogens with zero attached hydrogens (tertiary/aromatic N) is 1. The van der Waals surface area contributed by atoms with Gasteiger partial charge in [-0.3, -0.25) is 4.98 Å². The fraction of sp³-hybridized carbons (Fsp3) is 0.364. The minimum atomic E-state index is 1.07. The Bertz CT molecular complexity index is 324. The maximum absolute atomic E-state index is 4.43. The van der Waals surface area contributed by atoms with Crippen LogP contribution in [0, 0.1) is 27.7 Å². The molecule has 0 amide bonds. The molecule has 1 heteroatoms. The first kappa shape index (κ1) is 8.98. The molecule has 0 atom stereocenters. The van der Waals surface area contributed by atoms with Crippen LogP contribution < -0.4 is 0 Å². The van der Waals surface area contributed by atoms with E-state index in [0.29, 0.717) is 0 Å². The Balaban J connectivity index is 3.51. The van der Waals surface area contributed by atoms with Crippen LogP contribution in [0.4, 0.5) is 0 Å². The predicted molar refractivity (Wildman–Crippen MR) is 53.3 cm³/mol. The molecule has 0 saturated heterocycles. The quantitative estimate of drug-likeness (QED) is 0.617. The molecule has 64 valence electrons. The molecule has 0 spiro atoms. The summed E-state index contributed by atoms with van der Waals surface area (Å²) in [6.07, 6.45) is 1.88. The van der Waals surface area contributed by atoms with E-state index in [1.165, 1.54) is 16.7 Å². The first-order valence-corrected chi connectivity index (χ1v) is 4.14. The summed E-state index contributed by atoms with van der Waals surface area (Å²) in [4.78, 5) is 4.43. The fourth-order valence-corrected chi connectivity index (χ4v) is 1.44. The first-order chi connectivity index (χ1) is 5.57. The second-order valence-electron chi connectivity index (χ2n) is 3.15. The second kappa shape index (κ2) is 3.10. The fourth-order valence-electron chi connectivity index (χ4n) is 1.44. The highest BCUT2D eigenvalue weighted by atomic mass is 14.7. The molecule has 12 heavy (non-hydrogen) atoms. The number of pyridine rings is 1. The van der Waals surface area contributed by atoms with Crippen LogP contribution in [0.2, 0.25) is 0 Å². The average Bonchev–Trinajstić information content (AvgIpc) is 2.01. The third kappa shape index (κ3) is 1.27. The van der Waals surface area contributed by atoms with Gasteiger partial charge in [0.05, 0.1) is 0 Å². The Morgan fingerprint density at radius 3 is 2.08 bits per heavy atom. The monoisotopic (exact) mass is 161 g/mol. The van der Waals surface area contributed by atoms with Crippen LogP contribution >= 0.6 is 0 Å². The highest BCUT2D eigenvalue weighted by Crippen LogP contribution is 2.18. The lowest BCUT2D eigenvalue weighted by molar-refractivity contribution is 1.06. The van der Waals surface area contributed by atoms with E-state index < -0.39 is 0 Å². The molecule has 1 heterocycles. The summed E-state index contributed by atoms with van der Waals surface area (Å²) in [5.74, 6) is 0. The van der Waals surface area contributed by atoms with E-state index in [0.717, 1.165) is 11.4 Å². The molecule has 0 aliphatic carbocycles. The second-order valence-corrected chi connectivity index (χ2v) is 3.15. The zero-order valence-corrected chi connectivity index (χ0v) is 8.23. The highest BCUT2D eigenvalue weighted by Gasteiger charge is 2.05. The minimum Gasteiger partial charge on any atom is -0.258 e. The van der Waals surface area contributed by atoms with Crippen molar-refractivity contribution in [2.24, 2.45) is 0 Å². The van der Waals surface area contributed by atoms with Crippen LogP contribution in [-0.4, -0.2) is 4.98 Å². The number of rotatable bonds is 1. The molecule has 0 fully saturated rings. The molecular formula is C11H15N. The summed E-state index contributed by atoms with van der Waals surface area (Å²) in [6, 6.07) is 0. The van der Waals surface area contributed by atoms with E-state index in [1.54, 1.807) is 0 Å². The van der Waals surface area contributed by atoms with E-state index in [4.69, 9.17) is 0 Å². The molecule has 0 aliphatic rings. The Morgan fingerprint density at radius 2 is 1.58 bits per heavy atom. The van der Waals surface area contributed by atoms with Crippen molar-refractivity contribution in [1.29, 1.82) is 0 Å². The topological polar surface area (TPSA) is 12.9 Å². The third-order valence-corrected chi connectivity index (χ3v) is 2.44. The summed E-state index contributed by atoms with van der Waals surface area (Å²) in [5, 5.41) is 0. The molecule has 0 aromatic carbocycles. The van der Waals surface area contributed by atoms with Crippen molar-refractivity contribution in [3.63, 3.8) is 0 Å². The summed E-state index contributed by atoms with van der Waals surface area (Å²) in [5.41, 5.74) is 5.95. The van der Waals surface area contributed by atoms with E-state index in [1.807, 2.05) is 19.9 Å². The smallest absolute Gasteiger partial charge is 0.0450 e. The molecule has 1 rings (SSSR count). The summed E-state index contributed by atoms with van der Waals surface area (Å²) in [6.45, 7) is 12.1. The maximum atomic E-state index is 4.43. The van der Waals surface area contributed by atoms with Gasteiger partial charge in [0.2, 0.25) is 0 Å². The Kier molecular flexibility index (Phi) is 2.32. The normalized spacial score (nSPS) is 10.0. The lowest BCUT2D eigenvalue weighted by atomic mass is 10.0. The largest absolute Gasteiger partial charge is 0.258 e. The molecule has 0 unspecified atom stereocenters. The molecule has 0 aliphatic heterocycles. The van der Waals surface area contributed by atoms with Crippen molar-refractivity contribution in [2.45, 2.75) is 27.7 Å². The lowest BCUT2D eigenvalue weighted by Gasteiger charge is -2.10. The number of aromatic nitrogens is 1. The van der Waals surface area contributed by atoms with Gasteiger partial charge in [-0.1, -0.05) is 12.7 Å². The summed E-state index contributed by atoms with van der Waals surface area (Å²) in [7, 11) is 0. The van der Waals surface area contributed by atoms with Crippen LogP contribution in [0.15, 0.2) is 6.58 Å². The van der Waals surface area contributed by atoms with Gasteiger partial charge in [-0.25, -0.2) is 0 Å². The Morgan fingerprint density at radius 1 is 1.00 bits per heavy atom. The Hall–Kier alpha value is -1.11. The minimum absolute atomic E-state index is 1.07. The third-order valence-electron chi connectivity index (χ3n) is 2.44. The summed E-state index contributed by atoms with van der Waals surface area (Å²) < 4.78 is 0. The van der Waals surface area contributed by atoms with Crippen molar-refractivity contribution < 1.29 is 0 Å². The maximum Gasteiger partial charge on any atom is 0.0450 e. The SMILES string of the molecule is C=Cc1c(C)nc(C)c(C)c1C. The van der Waals surface area contributed by atoms with E-state index in [2.05, 4.69) is 25.4 Å². The van der Waals surface area contributed by atoms with Crippen molar-refractivity contribution >= 4 is 6.08 Å². The van der Waals surface area contributed by atoms with Crippen molar-refractivity contribution in [3.05, 3.63) is 34.7 Å². The van der Waals surface area contributed by atoms with Crippen molar-refractivity contribution in [1.82, 2.24) is 4.98 Å². The van der Waals surface area contributed by atoms with E-state index in [9.17, 15) is 0 Å². The summed E-state index contributed by atoms with van der Waals surface area (Å²) >= 11 is 0. The van der Waals surface area contributed by atoms with Gasteiger partial charge in [-0.15, -0.1) is 0 Å². The van der Waals surface area contributed by atoms with Gasteiger partial charge in [0.15, 0.2) is 0 Å². The molecule has 1 aromatic rings. The molecule has 0 bridgehead atoms. The van der Waals surface area contributed by atoms with Gasteiger partial charge < -0.3 is 0 Å². The number of aryl methyl sites for hydroxylation is 2. The zero-order valence-electron chi connectivity index (χ0n) is 8.23. The molecule has 0 saturated carbocycles. The van der Waals surface area contributed by atoms with Gasteiger partial charge in [-0.05, 0) is 44.4 Å². The number of hydrogen-bond acceptors (Lipinski definition) is 1. The zero-order chi connectivity index (χ0) is 9.30. The molecule has 1 aromatic heterocycles. The van der Waals surface area contributed by atoms with Crippen molar-refractivity contribution in [3.8, 4) is 0 Å². The van der Waals surface area contributed by atoms with Crippen LogP contribution in [0.5, 0.6) is 0 Å². The van der Waals surface area contributed by atoms with Gasteiger partial charge in [0, 0.05) is 11.4 Å². The molecular weight excluding hydrogens is 146 g/mol. The standard InChI is InChI=1S/C11H15N/c1-6-11-8(3)7(2)9(4)12-10(11)5/h6H,1H2,2-5H3. The van der Waals surface area contributed by atoms with Crippen LogP contribution in [-0.2, 0) is 0 Å². The van der Waals surface area contributed by atoms with Crippen LogP contribution in [0.3, 0.4) is 0 Å². The highest BCUT2D eigenvalue weighted by molar-refractivity contribution is 5.56. The van der Waals surface area contributed by atoms with Crippen molar-refractivity contribution in [2.75, 3.05) is 0 Å². The predicted octanol–water partition coefficient (Wildman–Crippen LogP) is 2.96. The Labute approximate surface area is 74.2 Å². The first-order valence-electron chi connectivity index (χ1n) is 4.14. The van der Waals surface area contributed by atoms with Gasteiger partial charge in [-0.2, -0.15) is 0 Å². The van der Waals surface area contributed by atoms with Gasteiger partial charge in [0.25, 0.3) is 0 Å². The van der Waals surface area contributed by atoms with Crippen LogP contribution in [0.1, 0.15) is 28.1 Å². The van der Waals surface area contributed by atoms with E-state index >= 15 is 0 Å². The van der Waals surface area contributed by atoms with E-state index in [-0.39, 0.29) is 0 Å². The molecule has 0 radical (unpaired) electrons. The lowest BCUT2D eigenvalue weighted by Crippen LogP contribution is -1.98. The number of hydrogen-bond donors (Lipinski definition) is 0. The molecule has 1 nitrogen and oxygen atoms in total. The van der Waals surface area contributed by atoms with Gasteiger partial charge in [0.1, 0.15) is 0 Å². The average molecular weight is 161 g/mol. The van der Waals surface area contributed by atoms with Crippen LogP contribution in [0.25, 0.3) is 6.08 Å². The van der Waals surface area contributed by atoms with Gasteiger partial charge >= 0.3 is 0 Å². The molecule has 0 N–H and O–H groups in total.